The summed E-state index contributed by atoms with van der Waals surface area (Å²) in [5.41, 5.74) is 2.48. The van der Waals surface area contributed by atoms with Gasteiger partial charge in [-0.05, 0) is 70.4 Å². The fourth-order valence-corrected chi connectivity index (χ4v) is 2.32. The van der Waals surface area contributed by atoms with Gasteiger partial charge in [-0.1, -0.05) is 38.1 Å². The molecule has 3 heteroatoms. The van der Waals surface area contributed by atoms with Crippen LogP contribution in [0, 0.1) is 9.49 Å². The summed E-state index contributed by atoms with van der Waals surface area (Å²) in [6, 6.07) is 16.7. The van der Waals surface area contributed by atoms with Gasteiger partial charge in [-0.2, -0.15) is 0 Å². The molecule has 0 heterocycles. The van der Waals surface area contributed by atoms with Gasteiger partial charge in [-0.15, -0.1) is 0 Å². The number of hydrogen-bond donors (Lipinski definition) is 1. The molecule has 0 atom stereocenters. The van der Waals surface area contributed by atoms with Crippen molar-refractivity contribution in [3.05, 3.63) is 63.2 Å². The second kappa shape index (κ2) is 8.39. The lowest BCUT2D eigenvalue weighted by molar-refractivity contribution is 0.306. The van der Waals surface area contributed by atoms with Crippen LogP contribution in [-0.4, -0.2) is 6.54 Å². The number of benzene rings is 2. The van der Waals surface area contributed by atoms with Crippen LogP contribution in [0.2, 0.25) is 0 Å². The molecule has 0 saturated carbocycles. The lowest BCUT2D eigenvalue weighted by Gasteiger charge is -2.09. The molecule has 0 aliphatic carbocycles. The molecule has 21 heavy (non-hydrogen) atoms. The van der Waals surface area contributed by atoms with Crippen LogP contribution in [-0.2, 0) is 13.2 Å². The lowest BCUT2D eigenvalue weighted by Crippen LogP contribution is -2.18. The number of hydrogen-bond acceptors (Lipinski definition) is 2. The van der Waals surface area contributed by atoms with E-state index in [0.717, 1.165) is 18.8 Å². The summed E-state index contributed by atoms with van der Waals surface area (Å²) < 4.78 is 7.05. The number of halogens is 1. The fourth-order valence-electron chi connectivity index (χ4n) is 1.96. The van der Waals surface area contributed by atoms with Crippen LogP contribution in [0.15, 0.2) is 48.5 Å². The van der Waals surface area contributed by atoms with Gasteiger partial charge in [-0.25, -0.2) is 0 Å². The van der Waals surface area contributed by atoms with E-state index in [1.165, 1.54) is 14.7 Å². The molecule has 0 amide bonds. The smallest absolute Gasteiger partial charge is 0.119 e. The van der Waals surface area contributed by atoms with E-state index in [-0.39, 0.29) is 0 Å². The Morgan fingerprint density at radius 1 is 0.952 bits per heavy atom. The minimum absolute atomic E-state index is 0.613. The zero-order valence-corrected chi connectivity index (χ0v) is 14.8. The van der Waals surface area contributed by atoms with Crippen molar-refractivity contribution in [1.82, 2.24) is 5.32 Å². The molecular formula is C18H22INO. The summed E-state index contributed by atoms with van der Waals surface area (Å²) in [4.78, 5) is 0. The van der Waals surface area contributed by atoms with Crippen molar-refractivity contribution < 1.29 is 4.74 Å². The quantitative estimate of drug-likeness (QED) is 0.691. The first-order valence-electron chi connectivity index (χ1n) is 7.30. The Labute approximate surface area is 141 Å². The molecule has 0 aliphatic rings. The maximum Gasteiger partial charge on any atom is 0.119 e. The SMILES string of the molecule is CC(C)CNCc1ccc(OCc2ccc(I)cc2)cc1. The number of ether oxygens (including phenoxy) is 1. The van der Waals surface area contributed by atoms with E-state index < -0.39 is 0 Å². The van der Waals surface area contributed by atoms with Gasteiger partial charge in [0.05, 0.1) is 0 Å². The molecule has 0 spiro atoms. The molecule has 112 valence electrons. The monoisotopic (exact) mass is 395 g/mol. The van der Waals surface area contributed by atoms with Crippen LogP contribution in [0.5, 0.6) is 5.75 Å². The summed E-state index contributed by atoms with van der Waals surface area (Å²) in [6.45, 7) is 7.01. The molecule has 2 rings (SSSR count). The van der Waals surface area contributed by atoms with Crippen molar-refractivity contribution in [3.63, 3.8) is 0 Å². The highest BCUT2D eigenvalue weighted by Gasteiger charge is 1.98. The molecule has 0 fully saturated rings. The zero-order valence-electron chi connectivity index (χ0n) is 12.6. The molecule has 0 saturated heterocycles. The van der Waals surface area contributed by atoms with E-state index in [4.69, 9.17) is 4.74 Å². The van der Waals surface area contributed by atoms with Crippen LogP contribution in [0.25, 0.3) is 0 Å². The van der Waals surface area contributed by atoms with Gasteiger partial charge >= 0.3 is 0 Å². The number of nitrogens with one attached hydrogen (secondary N) is 1. The predicted molar refractivity (Wildman–Crippen MR) is 96.5 cm³/mol. The first kappa shape index (κ1) is 16.3. The van der Waals surface area contributed by atoms with Crippen LogP contribution in [0.3, 0.4) is 0 Å². The highest BCUT2D eigenvalue weighted by Crippen LogP contribution is 2.15. The maximum absolute atomic E-state index is 5.81. The Hall–Kier alpha value is -1.07. The third kappa shape index (κ3) is 6.06. The van der Waals surface area contributed by atoms with Gasteiger partial charge in [-0.3, -0.25) is 0 Å². The van der Waals surface area contributed by atoms with Crippen molar-refractivity contribution >= 4 is 22.6 Å². The molecule has 2 aromatic rings. The Kier molecular flexibility index (Phi) is 6.51. The highest BCUT2D eigenvalue weighted by molar-refractivity contribution is 14.1. The first-order chi connectivity index (χ1) is 10.1. The molecule has 1 N–H and O–H groups in total. The molecule has 2 aromatic carbocycles. The largest absolute Gasteiger partial charge is 0.489 e. The van der Waals surface area contributed by atoms with Gasteiger partial charge in [0.2, 0.25) is 0 Å². The molecular weight excluding hydrogens is 373 g/mol. The zero-order chi connectivity index (χ0) is 15.1. The Bertz CT molecular complexity index is 534. The summed E-state index contributed by atoms with van der Waals surface area (Å²) in [5.74, 6) is 1.60. The molecule has 2 nitrogen and oxygen atoms in total. The van der Waals surface area contributed by atoms with Gasteiger partial charge in [0, 0.05) is 10.1 Å². The minimum atomic E-state index is 0.613. The average Bonchev–Trinajstić information content (AvgIpc) is 2.48. The summed E-state index contributed by atoms with van der Waals surface area (Å²) in [7, 11) is 0. The molecule has 0 unspecified atom stereocenters. The van der Waals surface area contributed by atoms with E-state index in [2.05, 4.69) is 78.2 Å². The second-order valence-electron chi connectivity index (χ2n) is 5.58. The topological polar surface area (TPSA) is 21.3 Å². The summed E-state index contributed by atoms with van der Waals surface area (Å²) in [6.07, 6.45) is 0. The Morgan fingerprint density at radius 2 is 1.57 bits per heavy atom. The Morgan fingerprint density at radius 3 is 2.19 bits per heavy atom. The second-order valence-corrected chi connectivity index (χ2v) is 6.83. The summed E-state index contributed by atoms with van der Waals surface area (Å²) in [5, 5.41) is 3.44. The summed E-state index contributed by atoms with van der Waals surface area (Å²) >= 11 is 2.31. The van der Waals surface area contributed by atoms with Crippen molar-refractivity contribution in [2.45, 2.75) is 27.0 Å². The van der Waals surface area contributed by atoms with Gasteiger partial charge < -0.3 is 10.1 Å². The van der Waals surface area contributed by atoms with Gasteiger partial charge in [0.25, 0.3) is 0 Å². The van der Waals surface area contributed by atoms with Crippen molar-refractivity contribution in [2.75, 3.05) is 6.54 Å². The van der Waals surface area contributed by atoms with Crippen LogP contribution >= 0.6 is 22.6 Å². The van der Waals surface area contributed by atoms with Crippen LogP contribution in [0.1, 0.15) is 25.0 Å². The highest BCUT2D eigenvalue weighted by atomic mass is 127. The van der Waals surface area contributed by atoms with Crippen molar-refractivity contribution in [1.29, 1.82) is 0 Å². The van der Waals surface area contributed by atoms with Gasteiger partial charge in [0.15, 0.2) is 0 Å². The first-order valence-corrected chi connectivity index (χ1v) is 8.38. The van der Waals surface area contributed by atoms with E-state index in [0.29, 0.717) is 12.5 Å². The molecule has 0 bridgehead atoms. The Balaban J connectivity index is 1.80. The van der Waals surface area contributed by atoms with E-state index in [1.54, 1.807) is 0 Å². The van der Waals surface area contributed by atoms with Crippen LogP contribution < -0.4 is 10.1 Å². The molecule has 0 radical (unpaired) electrons. The van der Waals surface area contributed by atoms with E-state index in [1.807, 2.05) is 12.1 Å². The van der Waals surface area contributed by atoms with Crippen molar-refractivity contribution in [3.8, 4) is 5.75 Å². The van der Waals surface area contributed by atoms with E-state index in [9.17, 15) is 0 Å². The van der Waals surface area contributed by atoms with E-state index >= 15 is 0 Å². The standard InChI is InChI=1S/C18H22INO/c1-14(2)11-20-12-15-5-9-18(10-6-15)21-13-16-3-7-17(19)8-4-16/h3-10,14,20H,11-13H2,1-2H3. The molecule has 0 aromatic heterocycles. The third-order valence-corrected chi connectivity index (χ3v) is 3.84. The van der Waals surface area contributed by atoms with Crippen molar-refractivity contribution in [2.24, 2.45) is 5.92 Å². The normalized spacial score (nSPS) is 10.9. The fraction of sp³-hybridized carbons (Fsp3) is 0.333. The molecule has 0 aliphatic heterocycles. The minimum Gasteiger partial charge on any atom is -0.489 e. The lowest BCUT2D eigenvalue weighted by atomic mass is 10.2. The third-order valence-electron chi connectivity index (χ3n) is 3.12. The maximum atomic E-state index is 5.81. The van der Waals surface area contributed by atoms with Crippen LogP contribution in [0.4, 0.5) is 0 Å². The number of rotatable bonds is 7. The average molecular weight is 395 g/mol. The predicted octanol–water partition coefficient (Wildman–Crippen LogP) is 4.62. The van der Waals surface area contributed by atoms with Gasteiger partial charge in [0.1, 0.15) is 12.4 Å².